The molecule has 1 N–H and O–H groups in total. The van der Waals surface area contributed by atoms with Gasteiger partial charge in [0.1, 0.15) is 6.23 Å². The second kappa shape index (κ2) is 4.15. The second-order valence-electron chi connectivity index (χ2n) is 5.01. The van der Waals surface area contributed by atoms with E-state index in [0.29, 0.717) is 0 Å². The van der Waals surface area contributed by atoms with Gasteiger partial charge in [0, 0.05) is 17.5 Å². The van der Waals surface area contributed by atoms with E-state index >= 15 is 0 Å². The van der Waals surface area contributed by atoms with Crippen LogP contribution in [0.3, 0.4) is 0 Å². The first-order valence-corrected chi connectivity index (χ1v) is 6.35. The van der Waals surface area contributed by atoms with E-state index in [1.807, 2.05) is 30.3 Å². The van der Waals surface area contributed by atoms with Crippen molar-refractivity contribution in [2.45, 2.75) is 31.9 Å². The number of aliphatic hydroxyl groups excluding tert-OH is 1. The van der Waals surface area contributed by atoms with Crippen molar-refractivity contribution >= 4 is 11.6 Å². The van der Waals surface area contributed by atoms with Crippen LogP contribution in [0.1, 0.15) is 25.7 Å². The van der Waals surface area contributed by atoms with Gasteiger partial charge in [-0.2, -0.15) is 0 Å². The molecule has 3 nitrogen and oxygen atoms in total. The number of carbonyl (C=O) groups is 1. The van der Waals surface area contributed by atoms with Gasteiger partial charge in [0.15, 0.2) is 0 Å². The SMILES string of the molecule is O=C1C2CCCCC2C(O)N1c1ccccc1. The molecule has 1 amide bonds. The minimum absolute atomic E-state index is 0.0407. The van der Waals surface area contributed by atoms with E-state index in [4.69, 9.17) is 0 Å². The van der Waals surface area contributed by atoms with Crippen LogP contribution in [-0.4, -0.2) is 17.2 Å². The van der Waals surface area contributed by atoms with Crippen molar-refractivity contribution < 1.29 is 9.90 Å². The predicted octanol–water partition coefficient (Wildman–Crippen LogP) is 2.16. The van der Waals surface area contributed by atoms with Gasteiger partial charge in [0.25, 0.3) is 0 Å². The van der Waals surface area contributed by atoms with E-state index < -0.39 is 6.23 Å². The minimum atomic E-state index is -0.629. The van der Waals surface area contributed by atoms with Crippen LogP contribution in [0.15, 0.2) is 30.3 Å². The lowest BCUT2D eigenvalue weighted by Gasteiger charge is -2.25. The Kier molecular flexibility index (Phi) is 2.63. The summed E-state index contributed by atoms with van der Waals surface area (Å²) in [6.07, 6.45) is 3.52. The molecule has 3 heteroatoms. The fourth-order valence-electron chi connectivity index (χ4n) is 3.19. The minimum Gasteiger partial charge on any atom is -0.373 e. The predicted molar refractivity (Wildman–Crippen MR) is 65.4 cm³/mol. The molecule has 1 aliphatic carbocycles. The van der Waals surface area contributed by atoms with Gasteiger partial charge in [0.2, 0.25) is 5.91 Å². The zero-order valence-electron chi connectivity index (χ0n) is 9.75. The molecule has 90 valence electrons. The molecule has 1 heterocycles. The summed E-state index contributed by atoms with van der Waals surface area (Å²) in [7, 11) is 0. The van der Waals surface area contributed by atoms with Crippen LogP contribution < -0.4 is 4.90 Å². The summed E-state index contributed by atoms with van der Waals surface area (Å²) in [5, 5.41) is 10.3. The molecule has 1 aromatic rings. The highest BCUT2D eigenvalue weighted by molar-refractivity contribution is 5.98. The quantitative estimate of drug-likeness (QED) is 0.804. The molecule has 17 heavy (non-hydrogen) atoms. The smallest absolute Gasteiger partial charge is 0.232 e. The zero-order valence-corrected chi connectivity index (χ0v) is 9.75. The molecule has 1 saturated heterocycles. The molecule has 0 radical (unpaired) electrons. The summed E-state index contributed by atoms with van der Waals surface area (Å²) < 4.78 is 0. The van der Waals surface area contributed by atoms with Gasteiger partial charge in [-0.3, -0.25) is 9.69 Å². The standard InChI is InChI=1S/C14H17NO2/c16-13-11-8-4-5-9-12(11)14(17)15(13)10-6-2-1-3-7-10/h1-3,6-7,11-13,16H,4-5,8-9H2. The van der Waals surface area contributed by atoms with E-state index in [2.05, 4.69) is 0 Å². The third kappa shape index (κ3) is 1.65. The molecule has 3 rings (SSSR count). The van der Waals surface area contributed by atoms with Gasteiger partial charge < -0.3 is 5.11 Å². The number of hydrogen-bond acceptors (Lipinski definition) is 2. The molecule has 1 aromatic carbocycles. The van der Waals surface area contributed by atoms with Crippen LogP contribution in [-0.2, 0) is 4.79 Å². The van der Waals surface area contributed by atoms with Crippen LogP contribution >= 0.6 is 0 Å². The highest BCUT2D eigenvalue weighted by Crippen LogP contribution is 2.42. The highest BCUT2D eigenvalue weighted by atomic mass is 16.3. The van der Waals surface area contributed by atoms with E-state index in [9.17, 15) is 9.90 Å². The van der Waals surface area contributed by atoms with Crippen molar-refractivity contribution in [3.63, 3.8) is 0 Å². The zero-order chi connectivity index (χ0) is 11.8. The molecule has 0 bridgehead atoms. The molecule has 2 fully saturated rings. The highest BCUT2D eigenvalue weighted by Gasteiger charge is 2.48. The Hall–Kier alpha value is -1.35. The van der Waals surface area contributed by atoms with Gasteiger partial charge in [-0.05, 0) is 25.0 Å². The molecular formula is C14H17NO2. The van der Waals surface area contributed by atoms with Crippen LogP contribution in [0.5, 0.6) is 0 Å². The summed E-state index contributed by atoms with van der Waals surface area (Å²) in [5.74, 6) is 0.281. The first kappa shape index (κ1) is 10.8. The van der Waals surface area contributed by atoms with Crippen molar-refractivity contribution in [1.29, 1.82) is 0 Å². The number of para-hydroxylation sites is 1. The molecule has 1 aliphatic heterocycles. The van der Waals surface area contributed by atoms with Gasteiger partial charge >= 0.3 is 0 Å². The Morgan fingerprint density at radius 1 is 1.12 bits per heavy atom. The molecule has 0 spiro atoms. The van der Waals surface area contributed by atoms with Crippen molar-refractivity contribution in [2.75, 3.05) is 4.90 Å². The summed E-state index contributed by atoms with van der Waals surface area (Å²) in [4.78, 5) is 13.9. The maximum absolute atomic E-state index is 12.3. The third-order valence-corrected chi connectivity index (χ3v) is 4.06. The fraction of sp³-hybridized carbons (Fsp3) is 0.500. The Labute approximate surface area is 101 Å². The van der Waals surface area contributed by atoms with Crippen LogP contribution in [0.25, 0.3) is 0 Å². The maximum Gasteiger partial charge on any atom is 0.232 e. The lowest BCUT2D eigenvalue weighted by atomic mass is 9.81. The van der Waals surface area contributed by atoms with Gasteiger partial charge in [-0.25, -0.2) is 0 Å². The first-order valence-electron chi connectivity index (χ1n) is 6.35. The molecule has 3 unspecified atom stereocenters. The normalized spacial score (nSPS) is 32.6. The van der Waals surface area contributed by atoms with E-state index in [1.54, 1.807) is 4.90 Å². The third-order valence-electron chi connectivity index (χ3n) is 4.06. The van der Waals surface area contributed by atoms with Crippen molar-refractivity contribution in [2.24, 2.45) is 11.8 Å². The Morgan fingerprint density at radius 3 is 2.53 bits per heavy atom. The number of carbonyl (C=O) groups excluding carboxylic acids is 1. The van der Waals surface area contributed by atoms with E-state index in [1.165, 1.54) is 0 Å². The fourth-order valence-corrected chi connectivity index (χ4v) is 3.19. The van der Waals surface area contributed by atoms with Crippen LogP contribution in [0.2, 0.25) is 0 Å². The largest absolute Gasteiger partial charge is 0.373 e. The molecule has 3 atom stereocenters. The van der Waals surface area contributed by atoms with Crippen LogP contribution in [0, 0.1) is 11.8 Å². The lowest BCUT2D eigenvalue weighted by Crippen LogP contribution is -2.35. The van der Waals surface area contributed by atoms with E-state index in [-0.39, 0.29) is 17.7 Å². The van der Waals surface area contributed by atoms with Crippen molar-refractivity contribution in [3.8, 4) is 0 Å². The van der Waals surface area contributed by atoms with Crippen molar-refractivity contribution in [3.05, 3.63) is 30.3 Å². The van der Waals surface area contributed by atoms with Gasteiger partial charge in [0.05, 0.1) is 0 Å². The van der Waals surface area contributed by atoms with Crippen LogP contribution in [0.4, 0.5) is 5.69 Å². The molecule has 0 aromatic heterocycles. The summed E-state index contributed by atoms with van der Waals surface area (Å²) in [6.45, 7) is 0. The van der Waals surface area contributed by atoms with Crippen molar-refractivity contribution in [1.82, 2.24) is 0 Å². The maximum atomic E-state index is 12.3. The average Bonchev–Trinajstić information content (AvgIpc) is 2.64. The Morgan fingerprint density at radius 2 is 1.82 bits per heavy atom. The number of aliphatic hydroxyl groups is 1. The number of hydrogen-bond donors (Lipinski definition) is 1. The molecule has 2 aliphatic rings. The number of fused-ring (bicyclic) bond motifs is 1. The summed E-state index contributed by atoms with van der Waals surface area (Å²) >= 11 is 0. The monoisotopic (exact) mass is 231 g/mol. The number of nitrogens with zero attached hydrogens (tertiary/aromatic N) is 1. The number of amides is 1. The summed E-state index contributed by atoms with van der Waals surface area (Å²) in [5.41, 5.74) is 0.819. The Bertz CT molecular complexity index is 417. The summed E-state index contributed by atoms with van der Waals surface area (Å²) in [6, 6.07) is 9.50. The van der Waals surface area contributed by atoms with Gasteiger partial charge in [-0.15, -0.1) is 0 Å². The number of rotatable bonds is 1. The lowest BCUT2D eigenvalue weighted by molar-refractivity contribution is -0.121. The number of benzene rings is 1. The second-order valence-corrected chi connectivity index (χ2v) is 5.01. The van der Waals surface area contributed by atoms with E-state index in [0.717, 1.165) is 31.4 Å². The first-order chi connectivity index (χ1) is 8.29. The molecular weight excluding hydrogens is 214 g/mol. The topological polar surface area (TPSA) is 40.5 Å². The molecule has 1 saturated carbocycles. The average molecular weight is 231 g/mol. The van der Waals surface area contributed by atoms with Gasteiger partial charge in [-0.1, -0.05) is 31.0 Å². The Balaban J connectivity index is 1.93. The number of anilines is 1.